The van der Waals surface area contributed by atoms with Crippen LogP contribution in [-0.2, 0) is 14.8 Å². The Kier molecular flexibility index (Phi) is 4.54. The monoisotopic (exact) mass is 284 g/mol. The maximum Gasteiger partial charge on any atom is 0.242 e. The van der Waals surface area contributed by atoms with Gasteiger partial charge in [0.1, 0.15) is 4.90 Å². The zero-order chi connectivity index (χ0) is 13.9. The minimum Gasteiger partial charge on any atom is -0.378 e. The van der Waals surface area contributed by atoms with Gasteiger partial charge in [-0.1, -0.05) is 13.8 Å². The third-order valence-electron chi connectivity index (χ3n) is 3.40. The van der Waals surface area contributed by atoms with E-state index in [0.29, 0.717) is 19.1 Å². The fourth-order valence-corrected chi connectivity index (χ4v) is 3.47. The number of rotatable bonds is 5. The van der Waals surface area contributed by atoms with Crippen molar-refractivity contribution in [2.45, 2.75) is 31.3 Å². The number of nitrogens with zero attached hydrogens (tertiary/aromatic N) is 1. The van der Waals surface area contributed by atoms with Gasteiger partial charge in [0, 0.05) is 31.5 Å². The van der Waals surface area contributed by atoms with Gasteiger partial charge >= 0.3 is 0 Å². The normalized spacial score (nSPS) is 23.9. The Morgan fingerprint density at radius 2 is 2.32 bits per heavy atom. The van der Waals surface area contributed by atoms with Crippen LogP contribution in [0.25, 0.3) is 0 Å². The summed E-state index contributed by atoms with van der Waals surface area (Å²) >= 11 is 0. The van der Waals surface area contributed by atoms with Crippen molar-refractivity contribution < 1.29 is 13.2 Å². The van der Waals surface area contributed by atoms with Crippen LogP contribution in [-0.4, -0.2) is 32.7 Å². The van der Waals surface area contributed by atoms with Crippen LogP contribution < -0.4 is 4.72 Å². The Morgan fingerprint density at radius 3 is 2.95 bits per heavy atom. The molecule has 2 rings (SSSR count). The van der Waals surface area contributed by atoms with E-state index in [4.69, 9.17) is 4.74 Å². The molecule has 0 bridgehead atoms. The summed E-state index contributed by atoms with van der Waals surface area (Å²) in [6, 6.07) is 3.16. The number of hydrogen-bond donors (Lipinski definition) is 1. The summed E-state index contributed by atoms with van der Waals surface area (Å²) in [5.74, 6) is 0.641. The van der Waals surface area contributed by atoms with Gasteiger partial charge in [0.05, 0.1) is 6.10 Å². The van der Waals surface area contributed by atoms with Crippen LogP contribution in [0.15, 0.2) is 29.4 Å². The van der Waals surface area contributed by atoms with Crippen LogP contribution in [0, 0.1) is 11.8 Å². The molecule has 6 heteroatoms. The van der Waals surface area contributed by atoms with Gasteiger partial charge in [0.15, 0.2) is 0 Å². The van der Waals surface area contributed by atoms with Crippen LogP contribution >= 0.6 is 0 Å². The van der Waals surface area contributed by atoms with Gasteiger partial charge in [-0.05, 0) is 24.5 Å². The standard InChI is InChI=1S/C13H20N2O3S/c1-10(2)13-11(5-7-18-13)8-15-19(16,17)12-4-3-6-14-9-12/h3-4,6,9-11,13,15H,5,7-8H2,1-2H3. The molecule has 0 spiro atoms. The highest BCUT2D eigenvalue weighted by atomic mass is 32.2. The minimum atomic E-state index is -3.46. The molecule has 1 aromatic rings. The third kappa shape index (κ3) is 3.52. The molecule has 1 N–H and O–H groups in total. The summed E-state index contributed by atoms with van der Waals surface area (Å²) in [6.45, 7) is 5.32. The molecule has 1 fully saturated rings. The van der Waals surface area contributed by atoms with E-state index in [1.165, 1.54) is 6.20 Å². The molecule has 2 unspecified atom stereocenters. The fraction of sp³-hybridized carbons (Fsp3) is 0.615. The minimum absolute atomic E-state index is 0.136. The van der Waals surface area contributed by atoms with Crippen molar-refractivity contribution >= 4 is 10.0 Å². The first kappa shape index (κ1) is 14.4. The van der Waals surface area contributed by atoms with E-state index < -0.39 is 10.0 Å². The predicted molar refractivity (Wildman–Crippen MR) is 72.1 cm³/mol. The van der Waals surface area contributed by atoms with Crippen molar-refractivity contribution in [1.82, 2.24) is 9.71 Å². The highest BCUT2D eigenvalue weighted by Crippen LogP contribution is 2.26. The second-order valence-electron chi connectivity index (χ2n) is 5.17. The molecule has 2 atom stereocenters. The number of nitrogens with one attached hydrogen (secondary N) is 1. The molecule has 0 saturated carbocycles. The van der Waals surface area contributed by atoms with Crippen LogP contribution in [0.3, 0.4) is 0 Å². The number of aromatic nitrogens is 1. The highest BCUT2D eigenvalue weighted by Gasteiger charge is 2.31. The Labute approximate surface area is 114 Å². The second-order valence-corrected chi connectivity index (χ2v) is 6.94. The average molecular weight is 284 g/mol. The van der Waals surface area contributed by atoms with Gasteiger partial charge in [-0.15, -0.1) is 0 Å². The molecule has 2 heterocycles. The van der Waals surface area contributed by atoms with Crippen molar-refractivity contribution in [2.24, 2.45) is 11.8 Å². The van der Waals surface area contributed by atoms with Gasteiger partial charge in [-0.2, -0.15) is 0 Å². The van der Waals surface area contributed by atoms with Crippen LogP contribution in [0.1, 0.15) is 20.3 Å². The van der Waals surface area contributed by atoms with Crippen molar-refractivity contribution in [2.75, 3.05) is 13.2 Å². The molecule has 1 saturated heterocycles. The Hall–Kier alpha value is -0.980. The molecule has 19 heavy (non-hydrogen) atoms. The molecule has 1 aliphatic heterocycles. The largest absolute Gasteiger partial charge is 0.378 e. The molecule has 1 aliphatic rings. The van der Waals surface area contributed by atoms with Gasteiger partial charge < -0.3 is 4.74 Å². The molecule has 0 aliphatic carbocycles. The smallest absolute Gasteiger partial charge is 0.242 e. The van der Waals surface area contributed by atoms with E-state index in [2.05, 4.69) is 23.6 Å². The zero-order valence-electron chi connectivity index (χ0n) is 11.2. The fourth-order valence-electron chi connectivity index (χ4n) is 2.42. The quantitative estimate of drug-likeness (QED) is 0.888. The third-order valence-corrected chi connectivity index (χ3v) is 4.81. The molecule has 0 amide bonds. The van der Waals surface area contributed by atoms with Crippen LogP contribution in [0.4, 0.5) is 0 Å². The first-order valence-electron chi connectivity index (χ1n) is 6.52. The lowest BCUT2D eigenvalue weighted by Crippen LogP contribution is -2.34. The molecule has 106 valence electrons. The molecular weight excluding hydrogens is 264 g/mol. The second kappa shape index (κ2) is 5.98. The van der Waals surface area contributed by atoms with E-state index >= 15 is 0 Å². The summed E-state index contributed by atoms with van der Waals surface area (Å²) in [7, 11) is -3.46. The summed E-state index contributed by atoms with van der Waals surface area (Å²) in [5, 5.41) is 0. The van der Waals surface area contributed by atoms with E-state index in [0.717, 1.165) is 6.42 Å². The van der Waals surface area contributed by atoms with Crippen molar-refractivity contribution in [3.8, 4) is 0 Å². The lowest BCUT2D eigenvalue weighted by molar-refractivity contribution is 0.0551. The van der Waals surface area contributed by atoms with Gasteiger partial charge in [-0.3, -0.25) is 4.98 Å². The van der Waals surface area contributed by atoms with Crippen LogP contribution in [0.5, 0.6) is 0 Å². The first-order chi connectivity index (χ1) is 9.00. The van der Waals surface area contributed by atoms with Crippen molar-refractivity contribution in [1.29, 1.82) is 0 Å². The van der Waals surface area contributed by atoms with E-state index in [1.807, 2.05) is 0 Å². The van der Waals surface area contributed by atoms with Gasteiger partial charge in [0.25, 0.3) is 0 Å². The topological polar surface area (TPSA) is 68.3 Å². The number of sulfonamides is 1. The molecule has 0 aromatic carbocycles. The van der Waals surface area contributed by atoms with Gasteiger partial charge in [-0.25, -0.2) is 13.1 Å². The average Bonchev–Trinajstić information content (AvgIpc) is 2.86. The predicted octanol–water partition coefficient (Wildman–Crippen LogP) is 1.42. The number of hydrogen-bond acceptors (Lipinski definition) is 4. The molecule has 0 radical (unpaired) electrons. The number of pyridine rings is 1. The van der Waals surface area contributed by atoms with E-state index in [1.54, 1.807) is 18.3 Å². The van der Waals surface area contributed by atoms with E-state index in [9.17, 15) is 8.42 Å². The molecular formula is C13H20N2O3S. The summed E-state index contributed by atoms with van der Waals surface area (Å²) in [4.78, 5) is 4.03. The summed E-state index contributed by atoms with van der Waals surface area (Å²) < 4.78 is 32.5. The van der Waals surface area contributed by atoms with Gasteiger partial charge in [0.2, 0.25) is 10.0 Å². The summed E-state index contributed by atoms with van der Waals surface area (Å²) in [6.07, 6.45) is 3.95. The Bertz CT molecular complexity index is 502. The lowest BCUT2D eigenvalue weighted by Gasteiger charge is -2.22. The van der Waals surface area contributed by atoms with Crippen molar-refractivity contribution in [3.63, 3.8) is 0 Å². The van der Waals surface area contributed by atoms with Crippen molar-refractivity contribution in [3.05, 3.63) is 24.5 Å². The molecule has 1 aromatic heterocycles. The number of ether oxygens (including phenoxy) is 1. The zero-order valence-corrected chi connectivity index (χ0v) is 12.1. The molecule has 5 nitrogen and oxygen atoms in total. The maximum atomic E-state index is 12.1. The lowest BCUT2D eigenvalue weighted by atomic mass is 9.93. The maximum absolute atomic E-state index is 12.1. The first-order valence-corrected chi connectivity index (χ1v) is 8.00. The highest BCUT2D eigenvalue weighted by molar-refractivity contribution is 7.89. The van der Waals surface area contributed by atoms with Crippen LogP contribution in [0.2, 0.25) is 0 Å². The Balaban J connectivity index is 1.99. The SMILES string of the molecule is CC(C)C1OCCC1CNS(=O)(=O)c1cccnc1. The van der Waals surface area contributed by atoms with E-state index in [-0.39, 0.29) is 16.9 Å². The Morgan fingerprint density at radius 1 is 1.53 bits per heavy atom. The summed E-state index contributed by atoms with van der Waals surface area (Å²) in [5.41, 5.74) is 0.